The minimum Gasteiger partial charge on any atom is -0.508 e. The molecule has 0 radical (unpaired) electrons. The van der Waals surface area contributed by atoms with Gasteiger partial charge in [0.1, 0.15) is 35.4 Å². The lowest BCUT2D eigenvalue weighted by Crippen LogP contribution is -2.01. The van der Waals surface area contributed by atoms with Crippen molar-refractivity contribution in [1.82, 2.24) is 14.8 Å². The first-order chi connectivity index (χ1) is 10.6. The molecule has 4 rings (SSSR count). The fourth-order valence-corrected chi connectivity index (χ4v) is 2.46. The van der Waals surface area contributed by atoms with Crippen molar-refractivity contribution in [3.8, 4) is 17.2 Å². The summed E-state index contributed by atoms with van der Waals surface area (Å²) >= 11 is 0. The van der Waals surface area contributed by atoms with Crippen LogP contribution >= 0.6 is 0 Å². The molecule has 108 valence electrons. The average Bonchev–Trinajstić information content (AvgIpc) is 3.01. The third-order valence-electron chi connectivity index (χ3n) is 3.46. The van der Waals surface area contributed by atoms with Crippen LogP contribution in [0.1, 0.15) is 0 Å². The fourth-order valence-electron chi connectivity index (χ4n) is 2.46. The first-order valence-corrected chi connectivity index (χ1v) is 6.41. The van der Waals surface area contributed by atoms with Crippen LogP contribution in [0.3, 0.4) is 0 Å². The number of aromatic nitrogens is 3. The Bertz CT molecular complexity index is 1070. The molecule has 0 bridgehead atoms. The number of phenols is 2. The van der Waals surface area contributed by atoms with Crippen LogP contribution in [0.25, 0.3) is 27.4 Å². The summed E-state index contributed by atoms with van der Waals surface area (Å²) < 4.78 is 6.62. The van der Waals surface area contributed by atoms with Gasteiger partial charge in [0, 0.05) is 16.8 Å². The number of hydrogen-bond acceptors (Lipinski definition) is 6. The van der Waals surface area contributed by atoms with Crippen molar-refractivity contribution in [3.63, 3.8) is 0 Å². The molecule has 0 unspecified atom stereocenters. The van der Waals surface area contributed by atoms with E-state index in [-0.39, 0.29) is 22.5 Å². The highest BCUT2D eigenvalue weighted by atomic mass is 16.4. The maximum absolute atomic E-state index is 12.0. The number of benzene rings is 2. The molecule has 4 aromatic rings. The van der Waals surface area contributed by atoms with Gasteiger partial charge in [0.2, 0.25) is 0 Å². The first kappa shape index (κ1) is 12.4. The zero-order chi connectivity index (χ0) is 15.3. The molecular formula is C15H9N3O4. The van der Waals surface area contributed by atoms with Crippen molar-refractivity contribution in [2.75, 3.05) is 0 Å². The molecule has 0 saturated carbocycles. The topological polar surface area (TPSA) is 101 Å². The Labute approximate surface area is 122 Å². The van der Waals surface area contributed by atoms with Crippen molar-refractivity contribution in [2.45, 2.75) is 0 Å². The van der Waals surface area contributed by atoms with Crippen LogP contribution < -0.4 is 5.63 Å². The summed E-state index contributed by atoms with van der Waals surface area (Å²) in [7, 11) is 0. The number of fused-ring (bicyclic) bond motifs is 3. The van der Waals surface area contributed by atoms with Gasteiger partial charge in [-0.15, -0.1) is 0 Å². The maximum Gasteiger partial charge on any atom is 0.344 e. The molecule has 22 heavy (non-hydrogen) atoms. The molecule has 2 heterocycles. The molecule has 7 nitrogen and oxygen atoms in total. The lowest BCUT2D eigenvalue weighted by Gasteiger charge is -2.08. The Morgan fingerprint density at radius 3 is 2.68 bits per heavy atom. The van der Waals surface area contributed by atoms with Gasteiger partial charge in [0.25, 0.3) is 0 Å². The van der Waals surface area contributed by atoms with Gasteiger partial charge in [0.05, 0.1) is 5.39 Å². The van der Waals surface area contributed by atoms with Crippen molar-refractivity contribution in [2.24, 2.45) is 0 Å². The second-order valence-corrected chi connectivity index (χ2v) is 4.80. The van der Waals surface area contributed by atoms with Crippen LogP contribution in [0.4, 0.5) is 0 Å². The SMILES string of the molecule is O=c1oc2cc(O)c(-n3cncn3)cc2c2ccc(O)cc12. The van der Waals surface area contributed by atoms with Gasteiger partial charge < -0.3 is 14.6 Å². The van der Waals surface area contributed by atoms with Crippen molar-refractivity contribution in [1.29, 1.82) is 0 Å². The largest absolute Gasteiger partial charge is 0.508 e. The van der Waals surface area contributed by atoms with Crippen molar-refractivity contribution >= 4 is 21.7 Å². The maximum atomic E-state index is 12.0. The molecule has 2 aromatic heterocycles. The molecule has 0 amide bonds. The van der Waals surface area contributed by atoms with Gasteiger partial charge in [-0.1, -0.05) is 0 Å². The highest BCUT2D eigenvalue weighted by Gasteiger charge is 2.13. The molecule has 0 aliphatic carbocycles. The van der Waals surface area contributed by atoms with E-state index in [0.29, 0.717) is 16.5 Å². The normalized spacial score (nSPS) is 11.3. The van der Waals surface area contributed by atoms with Crippen LogP contribution in [0, 0.1) is 0 Å². The van der Waals surface area contributed by atoms with E-state index in [1.807, 2.05) is 0 Å². The van der Waals surface area contributed by atoms with Gasteiger partial charge >= 0.3 is 5.63 Å². The third-order valence-corrected chi connectivity index (χ3v) is 3.46. The van der Waals surface area contributed by atoms with Crippen molar-refractivity contribution in [3.05, 3.63) is 53.4 Å². The Hall–Kier alpha value is -3.35. The first-order valence-electron chi connectivity index (χ1n) is 6.41. The van der Waals surface area contributed by atoms with E-state index in [1.54, 1.807) is 12.1 Å². The standard InChI is InChI=1S/C15H9N3O4/c19-8-1-2-9-10-4-12(18-7-16-6-17-18)13(20)5-14(10)22-15(21)11(9)3-8/h1-7,19-20H. The summed E-state index contributed by atoms with van der Waals surface area (Å²) in [5.41, 5.74) is 0.0871. The number of rotatable bonds is 1. The van der Waals surface area contributed by atoms with Gasteiger partial charge in [-0.05, 0) is 24.3 Å². The zero-order valence-electron chi connectivity index (χ0n) is 11.1. The fraction of sp³-hybridized carbons (Fsp3) is 0. The van der Waals surface area contributed by atoms with E-state index < -0.39 is 5.63 Å². The molecule has 0 aliphatic rings. The van der Waals surface area contributed by atoms with E-state index in [9.17, 15) is 15.0 Å². The number of nitrogens with zero attached hydrogens (tertiary/aromatic N) is 3. The van der Waals surface area contributed by atoms with Gasteiger partial charge in [-0.25, -0.2) is 14.5 Å². The van der Waals surface area contributed by atoms with Gasteiger partial charge in [0.15, 0.2) is 0 Å². The lowest BCUT2D eigenvalue weighted by molar-refractivity contribution is 0.468. The van der Waals surface area contributed by atoms with Crippen LogP contribution in [0.15, 0.2) is 52.2 Å². The molecule has 0 atom stereocenters. The Kier molecular flexibility index (Phi) is 2.43. The van der Waals surface area contributed by atoms with Crippen LogP contribution in [0.2, 0.25) is 0 Å². The van der Waals surface area contributed by atoms with E-state index >= 15 is 0 Å². The van der Waals surface area contributed by atoms with Crippen molar-refractivity contribution < 1.29 is 14.6 Å². The lowest BCUT2D eigenvalue weighted by atomic mass is 10.1. The molecule has 2 aromatic carbocycles. The summed E-state index contributed by atoms with van der Waals surface area (Å²) in [6.45, 7) is 0. The summed E-state index contributed by atoms with van der Waals surface area (Å²) in [5.74, 6) is -0.103. The highest BCUT2D eigenvalue weighted by Crippen LogP contribution is 2.31. The van der Waals surface area contributed by atoms with Gasteiger partial charge in [-0.2, -0.15) is 5.10 Å². The minimum absolute atomic E-state index is 0.0190. The predicted octanol–water partition coefficient (Wildman–Crippen LogP) is 1.94. The van der Waals surface area contributed by atoms with Gasteiger partial charge in [-0.3, -0.25) is 0 Å². The minimum atomic E-state index is -0.577. The number of hydrogen-bond donors (Lipinski definition) is 2. The van der Waals surface area contributed by atoms with E-state index in [0.717, 1.165) is 0 Å². The molecular weight excluding hydrogens is 286 g/mol. The third kappa shape index (κ3) is 1.72. The average molecular weight is 295 g/mol. The second-order valence-electron chi connectivity index (χ2n) is 4.80. The van der Waals surface area contributed by atoms with E-state index in [2.05, 4.69) is 10.1 Å². The van der Waals surface area contributed by atoms with E-state index in [4.69, 9.17) is 4.42 Å². The molecule has 0 saturated heterocycles. The van der Waals surface area contributed by atoms with E-state index in [1.165, 1.54) is 35.5 Å². The number of phenolic OH excluding ortho intramolecular Hbond substituents is 2. The quantitative estimate of drug-likeness (QED) is 0.411. The van der Waals surface area contributed by atoms with Crippen LogP contribution in [-0.2, 0) is 0 Å². The molecule has 0 fully saturated rings. The molecule has 7 heteroatoms. The Morgan fingerprint density at radius 1 is 1.05 bits per heavy atom. The monoisotopic (exact) mass is 295 g/mol. The molecule has 0 aliphatic heterocycles. The molecule has 2 N–H and O–H groups in total. The predicted molar refractivity (Wildman–Crippen MR) is 78.2 cm³/mol. The zero-order valence-corrected chi connectivity index (χ0v) is 11.1. The summed E-state index contributed by atoms with van der Waals surface area (Å²) in [6, 6.07) is 7.49. The second kappa shape index (κ2) is 4.32. The van der Waals surface area contributed by atoms with Crippen LogP contribution in [-0.4, -0.2) is 25.0 Å². The smallest absolute Gasteiger partial charge is 0.344 e. The summed E-state index contributed by atoms with van der Waals surface area (Å²) in [5, 5.41) is 25.1. The molecule has 0 spiro atoms. The van der Waals surface area contributed by atoms with Crippen LogP contribution in [0.5, 0.6) is 11.5 Å². The summed E-state index contributed by atoms with van der Waals surface area (Å²) in [6.07, 6.45) is 2.80. The Morgan fingerprint density at radius 2 is 1.91 bits per heavy atom. The highest BCUT2D eigenvalue weighted by molar-refractivity contribution is 6.05. The Balaban J connectivity index is 2.16. The summed E-state index contributed by atoms with van der Waals surface area (Å²) in [4.78, 5) is 15.8. The number of aromatic hydroxyl groups is 2.